The van der Waals surface area contributed by atoms with Gasteiger partial charge in [-0.15, -0.1) is 0 Å². The van der Waals surface area contributed by atoms with Crippen molar-refractivity contribution >= 4 is 12.1 Å². The first kappa shape index (κ1) is 20.7. The highest BCUT2D eigenvalue weighted by Gasteiger charge is 2.52. The quantitative estimate of drug-likeness (QED) is 0.722. The second-order valence-electron chi connectivity index (χ2n) is 8.07. The largest absolute Gasteiger partial charge is 0.447 e. The van der Waals surface area contributed by atoms with Gasteiger partial charge in [-0.3, -0.25) is 0 Å². The van der Waals surface area contributed by atoms with E-state index >= 15 is 0 Å². The number of alkyl halides is 3. The Morgan fingerprint density at radius 2 is 1.93 bits per heavy atom. The first-order valence-electron chi connectivity index (χ1n) is 9.73. The fourth-order valence-corrected chi connectivity index (χ4v) is 4.08. The molecule has 0 saturated carbocycles. The van der Waals surface area contributed by atoms with E-state index in [1.165, 1.54) is 0 Å². The zero-order valence-corrected chi connectivity index (χ0v) is 16.1. The van der Waals surface area contributed by atoms with Crippen molar-refractivity contribution in [1.29, 1.82) is 0 Å². The molecule has 11 heteroatoms. The van der Waals surface area contributed by atoms with Crippen LogP contribution in [0.25, 0.3) is 0 Å². The molecular formula is C19H22F4N4O3. The summed E-state index contributed by atoms with van der Waals surface area (Å²) in [5.41, 5.74) is -1.29. The summed E-state index contributed by atoms with van der Waals surface area (Å²) in [5, 5.41) is 5.89. The molecule has 3 aliphatic heterocycles. The number of alkyl carbamates (subject to hydrolysis) is 1. The number of ether oxygens (including phenoxy) is 1. The van der Waals surface area contributed by atoms with Crippen LogP contribution < -0.4 is 10.6 Å². The number of hydrogen-bond donors (Lipinski definition) is 2. The molecule has 0 atom stereocenters. The first-order chi connectivity index (χ1) is 14.2. The smallest absolute Gasteiger partial charge is 0.416 e. The maximum absolute atomic E-state index is 14.0. The molecule has 1 spiro atoms. The molecule has 1 aromatic rings. The summed E-state index contributed by atoms with van der Waals surface area (Å²) < 4.78 is 56.7. The Morgan fingerprint density at radius 3 is 2.50 bits per heavy atom. The van der Waals surface area contributed by atoms with Crippen molar-refractivity contribution in [1.82, 2.24) is 20.4 Å². The summed E-state index contributed by atoms with van der Waals surface area (Å²) in [6.07, 6.45) is -3.71. The molecule has 0 aromatic heterocycles. The molecule has 4 rings (SSSR count). The number of hydrogen-bond acceptors (Lipinski definition) is 4. The number of carbonyl (C=O) groups excluding carboxylic acids is 2. The summed E-state index contributed by atoms with van der Waals surface area (Å²) in [5.74, 6) is -0.889. The van der Waals surface area contributed by atoms with Gasteiger partial charge in [0.15, 0.2) is 0 Å². The lowest BCUT2D eigenvalue weighted by molar-refractivity contribution is -0.137. The maximum Gasteiger partial charge on any atom is 0.416 e. The van der Waals surface area contributed by atoms with Gasteiger partial charge in [0, 0.05) is 31.2 Å². The highest BCUT2D eigenvalue weighted by molar-refractivity contribution is 5.78. The van der Waals surface area contributed by atoms with Gasteiger partial charge in [-0.25, -0.2) is 14.0 Å². The molecule has 30 heavy (non-hydrogen) atoms. The number of piperidine rings is 1. The van der Waals surface area contributed by atoms with Crippen LogP contribution in [-0.4, -0.2) is 66.3 Å². The van der Waals surface area contributed by atoms with E-state index < -0.39 is 29.2 Å². The summed E-state index contributed by atoms with van der Waals surface area (Å²) in [6.45, 7) is 2.28. The van der Waals surface area contributed by atoms with Gasteiger partial charge in [-0.05, 0) is 25.0 Å². The molecule has 3 fully saturated rings. The Morgan fingerprint density at radius 1 is 1.23 bits per heavy atom. The average Bonchev–Trinajstić information content (AvgIpc) is 3.07. The van der Waals surface area contributed by atoms with Crippen LogP contribution in [0.1, 0.15) is 24.0 Å². The monoisotopic (exact) mass is 430 g/mol. The van der Waals surface area contributed by atoms with Crippen LogP contribution in [0, 0.1) is 5.82 Å². The average molecular weight is 430 g/mol. The maximum atomic E-state index is 14.0. The molecular weight excluding hydrogens is 408 g/mol. The number of halogens is 4. The van der Waals surface area contributed by atoms with Gasteiger partial charge in [-0.2, -0.15) is 13.2 Å². The molecule has 0 aliphatic carbocycles. The fraction of sp³-hybridized carbons (Fsp3) is 0.579. The van der Waals surface area contributed by atoms with Gasteiger partial charge in [0.25, 0.3) is 0 Å². The SMILES string of the molecule is O=C1NC2(CO1)CN(C(=O)N1CCC(NCc3ccc(C(F)(F)F)cc3F)CC1)C2. The van der Waals surface area contributed by atoms with Crippen molar-refractivity contribution in [3.05, 3.63) is 35.1 Å². The second-order valence-corrected chi connectivity index (χ2v) is 8.07. The minimum atomic E-state index is -4.57. The Bertz CT molecular complexity index is 834. The van der Waals surface area contributed by atoms with Crippen LogP contribution in [-0.2, 0) is 17.5 Å². The van der Waals surface area contributed by atoms with E-state index in [1.807, 2.05) is 0 Å². The topological polar surface area (TPSA) is 73.9 Å². The molecule has 7 nitrogen and oxygen atoms in total. The Labute approximate surface area is 170 Å². The number of rotatable bonds is 3. The third kappa shape index (κ3) is 4.16. The molecule has 3 amide bonds. The van der Waals surface area contributed by atoms with Crippen LogP contribution in [0.4, 0.5) is 27.2 Å². The van der Waals surface area contributed by atoms with E-state index in [2.05, 4.69) is 10.6 Å². The van der Waals surface area contributed by atoms with E-state index in [4.69, 9.17) is 4.74 Å². The van der Waals surface area contributed by atoms with Gasteiger partial charge in [0.2, 0.25) is 0 Å². The number of carbonyl (C=O) groups is 2. The van der Waals surface area contributed by atoms with Gasteiger partial charge >= 0.3 is 18.3 Å². The number of cyclic esters (lactones) is 1. The van der Waals surface area contributed by atoms with Crippen molar-refractivity contribution < 1.29 is 31.9 Å². The molecule has 0 unspecified atom stereocenters. The first-order valence-corrected chi connectivity index (χ1v) is 9.73. The van der Waals surface area contributed by atoms with Crippen molar-refractivity contribution in [2.75, 3.05) is 32.8 Å². The van der Waals surface area contributed by atoms with E-state index in [0.717, 1.165) is 12.1 Å². The Balaban J connectivity index is 1.22. The minimum Gasteiger partial charge on any atom is -0.447 e. The van der Waals surface area contributed by atoms with Gasteiger partial charge in [0.05, 0.1) is 18.7 Å². The predicted octanol–water partition coefficient (Wildman–Crippen LogP) is 2.31. The number of nitrogens with one attached hydrogen (secondary N) is 2. The number of benzene rings is 1. The predicted molar refractivity (Wildman–Crippen MR) is 97.0 cm³/mol. The van der Waals surface area contributed by atoms with Crippen molar-refractivity contribution in [2.45, 2.75) is 37.1 Å². The summed E-state index contributed by atoms with van der Waals surface area (Å²) >= 11 is 0. The van der Waals surface area contributed by atoms with Crippen LogP contribution >= 0.6 is 0 Å². The number of nitrogens with zero attached hydrogens (tertiary/aromatic N) is 2. The van der Waals surface area contributed by atoms with Crippen molar-refractivity contribution in [2.24, 2.45) is 0 Å². The third-order valence-electron chi connectivity index (χ3n) is 5.83. The molecule has 3 aliphatic rings. The molecule has 0 radical (unpaired) electrons. The zero-order chi connectivity index (χ0) is 21.5. The third-order valence-corrected chi connectivity index (χ3v) is 5.83. The molecule has 1 aromatic carbocycles. The Kier molecular flexibility index (Phi) is 5.25. The van der Waals surface area contributed by atoms with Crippen LogP contribution in [0.2, 0.25) is 0 Å². The summed E-state index contributed by atoms with van der Waals surface area (Å²) in [4.78, 5) is 27.2. The van der Waals surface area contributed by atoms with Crippen LogP contribution in [0.15, 0.2) is 18.2 Å². The highest BCUT2D eigenvalue weighted by Crippen LogP contribution is 2.30. The fourth-order valence-electron chi connectivity index (χ4n) is 4.08. The van der Waals surface area contributed by atoms with Gasteiger partial charge in [0.1, 0.15) is 18.0 Å². The molecule has 2 N–H and O–H groups in total. The van der Waals surface area contributed by atoms with Gasteiger partial charge < -0.3 is 25.2 Å². The normalized spacial score (nSPS) is 21.4. The van der Waals surface area contributed by atoms with Crippen LogP contribution in [0.3, 0.4) is 0 Å². The molecule has 164 valence electrons. The molecule has 3 heterocycles. The van der Waals surface area contributed by atoms with Crippen molar-refractivity contribution in [3.8, 4) is 0 Å². The highest BCUT2D eigenvalue weighted by atomic mass is 19.4. The number of amides is 3. The van der Waals surface area contributed by atoms with E-state index in [0.29, 0.717) is 45.1 Å². The van der Waals surface area contributed by atoms with E-state index in [-0.39, 0.29) is 30.8 Å². The van der Waals surface area contributed by atoms with Gasteiger partial charge in [-0.1, -0.05) is 6.07 Å². The van der Waals surface area contributed by atoms with Crippen LogP contribution in [0.5, 0.6) is 0 Å². The number of likely N-dealkylation sites (tertiary alicyclic amines) is 2. The lowest BCUT2D eigenvalue weighted by Gasteiger charge is -2.48. The van der Waals surface area contributed by atoms with E-state index in [9.17, 15) is 27.2 Å². The van der Waals surface area contributed by atoms with Crippen molar-refractivity contribution in [3.63, 3.8) is 0 Å². The molecule has 3 saturated heterocycles. The zero-order valence-electron chi connectivity index (χ0n) is 16.1. The Hall–Kier alpha value is -2.56. The molecule has 0 bridgehead atoms. The lowest BCUT2D eigenvalue weighted by atomic mass is 9.92. The minimum absolute atomic E-state index is 0.0426. The number of urea groups is 1. The summed E-state index contributed by atoms with van der Waals surface area (Å²) in [7, 11) is 0. The summed E-state index contributed by atoms with van der Waals surface area (Å²) in [6, 6.07) is 2.49. The second kappa shape index (κ2) is 7.60. The standard InChI is InChI=1S/C19H22F4N4O3/c20-15-7-13(19(21,22)23)2-1-12(15)8-24-14-3-5-26(6-4-14)17(29)27-9-18(10-27)11-30-16(28)25-18/h1-2,7,14,24H,3-6,8-11H2,(H,25,28). The lowest BCUT2D eigenvalue weighted by Crippen LogP contribution is -2.71. The van der Waals surface area contributed by atoms with E-state index in [1.54, 1.807) is 9.80 Å².